The fraction of sp³-hybridized carbons (Fsp3) is 0.545. The van der Waals surface area contributed by atoms with Gasteiger partial charge >= 0.3 is 0 Å². The van der Waals surface area contributed by atoms with E-state index in [1.165, 1.54) is 0 Å². The number of nitrogen functional groups attached to an aromatic ring is 1. The van der Waals surface area contributed by atoms with Crippen molar-refractivity contribution in [1.29, 1.82) is 0 Å². The molecule has 3 N–H and O–H groups in total. The Hall–Kier alpha value is -1.33. The van der Waals surface area contributed by atoms with E-state index in [1.54, 1.807) is 0 Å². The third-order valence-corrected chi connectivity index (χ3v) is 2.82. The van der Waals surface area contributed by atoms with Crippen LogP contribution < -0.4 is 16.0 Å². The summed E-state index contributed by atoms with van der Waals surface area (Å²) in [7, 11) is 2.13. The number of hydrazine groups is 1. The Labute approximate surface area is 95.6 Å². The third-order valence-electron chi connectivity index (χ3n) is 2.82. The third kappa shape index (κ3) is 2.84. The van der Waals surface area contributed by atoms with Crippen LogP contribution in [0, 0.1) is 0 Å². The van der Waals surface area contributed by atoms with Crippen LogP contribution in [-0.2, 0) is 0 Å². The average Bonchev–Trinajstić information content (AvgIpc) is 2.32. The molecule has 0 spiro atoms. The van der Waals surface area contributed by atoms with Crippen LogP contribution >= 0.6 is 0 Å². The highest BCUT2D eigenvalue weighted by atomic mass is 16.5. The van der Waals surface area contributed by atoms with Crippen LogP contribution in [0.2, 0.25) is 0 Å². The minimum Gasteiger partial charge on any atom is -0.474 e. The summed E-state index contributed by atoms with van der Waals surface area (Å²) < 4.78 is 5.81. The molecule has 0 aliphatic carbocycles. The van der Waals surface area contributed by atoms with Crippen LogP contribution in [0.15, 0.2) is 18.2 Å². The molecule has 5 nitrogen and oxygen atoms in total. The van der Waals surface area contributed by atoms with Gasteiger partial charge in [0.25, 0.3) is 0 Å². The maximum atomic E-state index is 5.81. The first-order valence-electron chi connectivity index (χ1n) is 5.57. The normalized spacial score (nSPS) is 18.4. The first-order valence-corrected chi connectivity index (χ1v) is 5.57. The van der Waals surface area contributed by atoms with Crippen molar-refractivity contribution >= 4 is 5.82 Å². The smallest absolute Gasteiger partial charge is 0.215 e. The molecule has 5 heteroatoms. The molecule has 0 atom stereocenters. The standard InChI is InChI=1S/C11H18N4O/c1-15-7-5-9(6-8-15)16-11-4-2-3-10(13-11)14-12/h2-4,9H,5-8,12H2,1H3,(H,13,14). The van der Waals surface area contributed by atoms with Gasteiger partial charge in [-0.25, -0.2) is 5.84 Å². The molecule has 0 saturated carbocycles. The van der Waals surface area contributed by atoms with Crippen molar-refractivity contribution in [2.45, 2.75) is 18.9 Å². The quantitative estimate of drug-likeness (QED) is 0.586. The summed E-state index contributed by atoms with van der Waals surface area (Å²) in [5, 5.41) is 0. The number of ether oxygens (including phenoxy) is 1. The van der Waals surface area contributed by atoms with E-state index in [0.29, 0.717) is 11.7 Å². The van der Waals surface area contributed by atoms with E-state index in [1.807, 2.05) is 18.2 Å². The maximum Gasteiger partial charge on any atom is 0.215 e. The number of pyridine rings is 1. The molecule has 1 saturated heterocycles. The van der Waals surface area contributed by atoms with Gasteiger partial charge < -0.3 is 15.1 Å². The van der Waals surface area contributed by atoms with Crippen molar-refractivity contribution in [2.75, 3.05) is 25.6 Å². The fourth-order valence-electron chi connectivity index (χ4n) is 1.83. The summed E-state index contributed by atoms with van der Waals surface area (Å²) >= 11 is 0. The van der Waals surface area contributed by atoms with Gasteiger partial charge in [-0.2, -0.15) is 4.98 Å². The second kappa shape index (κ2) is 5.14. The lowest BCUT2D eigenvalue weighted by atomic mass is 10.1. The Kier molecular flexibility index (Phi) is 3.58. The summed E-state index contributed by atoms with van der Waals surface area (Å²) in [6, 6.07) is 5.55. The van der Waals surface area contributed by atoms with E-state index in [0.717, 1.165) is 25.9 Å². The molecule has 1 aliphatic heterocycles. The van der Waals surface area contributed by atoms with E-state index in [-0.39, 0.29) is 6.10 Å². The lowest BCUT2D eigenvalue weighted by molar-refractivity contribution is 0.110. The van der Waals surface area contributed by atoms with Crippen LogP contribution in [-0.4, -0.2) is 36.1 Å². The van der Waals surface area contributed by atoms with Crippen molar-refractivity contribution in [3.05, 3.63) is 18.2 Å². The van der Waals surface area contributed by atoms with Gasteiger partial charge in [0.05, 0.1) is 0 Å². The Morgan fingerprint density at radius 3 is 2.88 bits per heavy atom. The average molecular weight is 222 g/mol. The van der Waals surface area contributed by atoms with Gasteiger partial charge in [-0.15, -0.1) is 0 Å². The number of hydrogen-bond donors (Lipinski definition) is 2. The SMILES string of the molecule is CN1CCC(Oc2cccc(NN)n2)CC1. The molecule has 1 aliphatic rings. The van der Waals surface area contributed by atoms with Crippen molar-refractivity contribution in [3.8, 4) is 5.88 Å². The van der Waals surface area contributed by atoms with Crippen molar-refractivity contribution in [3.63, 3.8) is 0 Å². The van der Waals surface area contributed by atoms with Crippen molar-refractivity contribution < 1.29 is 4.74 Å². The molecule has 16 heavy (non-hydrogen) atoms. The molecule has 0 aromatic carbocycles. The highest BCUT2D eigenvalue weighted by Gasteiger charge is 2.18. The van der Waals surface area contributed by atoms with Crippen molar-refractivity contribution in [1.82, 2.24) is 9.88 Å². The molecule has 0 bridgehead atoms. The van der Waals surface area contributed by atoms with E-state index in [4.69, 9.17) is 10.6 Å². The van der Waals surface area contributed by atoms with Gasteiger partial charge in [0.1, 0.15) is 11.9 Å². The number of nitrogens with two attached hydrogens (primary N) is 1. The number of hydrogen-bond acceptors (Lipinski definition) is 5. The van der Waals surface area contributed by atoms with Gasteiger partial charge in [-0.3, -0.25) is 0 Å². The predicted molar refractivity (Wildman–Crippen MR) is 63.2 cm³/mol. The van der Waals surface area contributed by atoms with Crippen LogP contribution in [0.1, 0.15) is 12.8 Å². The Morgan fingerprint density at radius 1 is 1.44 bits per heavy atom. The summed E-state index contributed by atoms with van der Waals surface area (Å²) in [4.78, 5) is 6.54. The van der Waals surface area contributed by atoms with Gasteiger partial charge in [0.2, 0.25) is 5.88 Å². The highest BCUT2D eigenvalue weighted by Crippen LogP contribution is 2.17. The van der Waals surface area contributed by atoms with Crippen molar-refractivity contribution in [2.24, 2.45) is 5.84 Å². The molecule has 2 heterocycles. The van der Waals surface area contributed by atoms with Gasteiger partial charge in [-0.1, -0.05) is 6.07 Å². The van der Waals surface area contributed by atoms with Crippen LogP contribution in [0.3, 0.4) is 0 Å². The number of likely N-dealkylation sites (tertiary alicyclic amines) is 1. The predicted octanol–water partition coefficient (Wildman–Crippen LogP) is 0.840. The molecule has 0 unspecified atom stereocenters. The minimum absolute atomic E-state index is 0.275. The molecule has 2 rings (SSSR count). The first-order chi connectivity index (χ1) is 7.78. The lowest BCUT2D eigenvalue weighted by Crippen LogP contribution is -2.35. The Balaban J connectivity index is 1.93. The second-order valence-corrected chi connectivity index (χ2v) is 4.13. The van der Waals surface area contributed by atoms with E-state index >= 15 is 0 Å². The molecule has 1 aromatic heterocycles. The first kappa shape index (κ1) is 11.2. The zero-order valence-electron chi connectivity index (χ0n) is 9.52. The molecule has 0 radical (unpaired) electrons. The topological polar surface area (TPSA) is 63.4 Å². The fourth-order valence-corrected chi connectivity index (χ4v) is 1.83. The van der Waals surface area contributed by atoms with Crippen LogP contribution in [0.5, 0.6) is 5.88 Å². The lowest BCUT2D eigenvalue weighted by Gasteiger charge is -2.28. The molecule has 0 amide bonds. The minimum atomic E-state index is 0.275. The number of nitrogens with zero attached hydrogens (tertiary/aromatic N) is 2. The maximum absolute atomic E-state index is 5.81. The molecule has 1 aromatic rings. The summed E-state index contributed by atoms with van der Waals surface area (Å²) in [5.41, 5.74) is 2.51. The second-order valence-electron chi connectivity index (χ2n) is 4.13. The number of anilines is 1. The number of rotatable bonds is 3. The zero-order valence-corrected chi connectivity index (χ0v) is 9.52. The number of piperidine rings is 1. The Morgan fingerprint density at radius 2 is 2.19 bits per heavy atom. The van der Waals surface area contributed by atoms with Gasteiger partial charge in [0.15, 0.2) is 0 Å². The highest BCUT2D eigenvalue weighted by molar-refractivity contribution is 5.35. The number of nitrogens with one attached hydrogen (secondary N) is 1. The molecule has 88 valence electrons. The monoisotopic (exact) mass is 222 g/mol. The van der Waals surface area contributed by atoms with E-state index in [9.17, 15) is 0 Å². The summed E-state index contributed by atoms with van der Waals surface area (Å²) in [6.45, 7) is 2.17. The van der Waals surface area contributed by atoms with Crippen LogP contribution in [0.25, 0.3) is 0 Å². The van der Waals surface area contributed by atoms with Gasteiger partial charge in [-0.05, 0) is 26.0 Å². The van der Waals surface area contributed by atoms with Gasteiger partial charge in [0, 0.05) is 19.2 Å². The number of aromatic nitrogens is 1. The van der Waals surface area contributed by atoms with E-state index in [2.05, 4.69) is 22.4 Å². The van der Waals surface area contributed by atoms with Crippen LogP contribution in [0.4, 0.5) is 5.82 Å². The summed E-state index contributed by atoms with van der Waals surface area (Å²) in [5.74, 6) is 6.57. The Bertz CT molecular complexity index is 337. The zero-order chi connectivity index (χ0) is 11.4. The molecular formula is C11H18N4O. The molecule has 1 fully saturated rings. The summed E-state index contributed by atoms with van der Waals surface area (Å²) in [6.07, 6.45) is 2.38. The largest absolute Gasteiger partial charge is 0.474 e. The van der Waals surface area contributed by atoms with E-state index < -0.39 is 0 Å². The molecular weight excluding hydrogens is 204 g/mol.